The molecule has 0 radical (unpaired) electrons. The van der Waals surface area contributed by atoms with Gasteiger partial charge in [0.2, 0.25) is 0 Å². The Morgan fingerprint density at radius 1 is 1.29 bits per heavy atom. The molecule has 0 atom stereocenters. The number of nitrogens with one attached hydrogen (secondary N) is 1. The van der Waals surface area contributed by atoms with E-state index in [1.165, 1.54) is 0 Å². The first-order valence-corrected chi connectivity index (χ1v) is 5.82. The molecule has 1 aliphatic rings. The number of hydrogen-bond donors (Lipinski definition) is 1. The molecular weight excluding hydrogens is 216 g/mol. The van der Waals surface area contributed by atoms with E-state index in [9.17, 15) is 9.59 Å². The maximum atomic E-state index is 11.8. The van der Waals surface area contributed by atoms with Gasteiger partial charge in [-0.15, -0.1) is 0 Å². The average molecular weight is 232 g/mol. The number of carbonyl (C=O) groups excluding carboxylic acids is 2. The summed E-state index contributed by atoms with van der Waals surface area (Å²) in [6, 6.07) is 5.67. The fourth-order valence-electron chi connectivity index (χ4n) is 2.01. The van der Waals surface area contributed by atoms with Crippen molar-refractivity contribution in [3.05, 3.63) is 29.3 Å². The van der Waals surface area contributed by atoms with Crippen molar-refractivity contribution >= 4 is 17.4 Å². The molecule has 1 heterocycles. The molecule has 4 nitrogen and oxygen atoms in total. The zero-order chi connectivity index (χ0) is 12.4. The average Bonchev–Trinajstić information content (AvgIpc) is 2.60. The zero-order valence-electron chi connectivity index (χ0n) is 10.1. The number of amides is 1. The Bertz CT molecular complexity index is 468. The van der Waals surface area contributed by atoms with Crippen molar-refractivity contribution in [3.63, 3.8) is 0 Å². The summed E-state index contributed by atoms with van der Waals surface area (Å²) in [7, 11) is 1.82. The van der Waals surface area contributed by atoms with Gasteiger partial charge in [0.25, 0.3) is 11.7 Å². The summed E-state index contributed by atoms with van der Waals surface area (Å²) >= 11 is 0. The SMILES string of the molecule is CCc1ccc2c(c1)C(=O)C(=O)N2CCNC. The zero-order valence-corrected chi connectivity index (χ0v) is 10.1. The van der Waals surface area contributed by atoms with Gasteiger partial charge in [0.15, 0.2) is 0 Å². The minimum atomic E-state index is -0.413. The van der Waals surface area contributed by atoms with E-state index in [0.717, 1.165) is 17.7 Å². The van der Waals surface area contributed by atoms with E-state index in [1.54, 1.807) is 4.90 Å². The van der Waals surface area contributed by atoms with Crippen LogP contribution in [0, 0.1) is 0 Å². The second-order valence-electron chi connectivity index (χ2n) is 4.09. The summed E-state index contributed by atoms with van der Waals surface area (Å²) in [4.78, 5) is 25.2. The highest BCUT2D eigenvalue weighted by molar-refractivity contribution is 6.52. The van der Waals surface area contributed by atoms with Gasteiger partial charge in [-0.3, -0.25) is 9.59 Å². The lowest BCUT2D eigenvalue weighted by Gasteiger charge is -2.16. The number of aryl methyl sites for hydroxylation is 1. The molecule has 0 saturated carbocycles. The van der Waals surface area contributed by atoms with E-state index in [-0.39, 0.29) is 5.78 Å². The summed E-state index contributed by atoms with van der Waals surface area (Å²) < 4.78 is 0. The van der Waals surface area contributed by atoms with Crippen molar-refractivity contribution in [1.82, 2.24) is 5.32 Å². The molecule has 0 aromatic heterocycles. The molecule has 0 aliphatic carbocycles. The lowest BCUT2D eigenvalue weighted by atomic mass is 10.1. The van der Waals surface area contributed by atoms with Gasteiger partial charge in [-0.2, -0.15) is 0 Å². The van der Waals surface area contributed by atoms with E-state index in [1.807, 2.05) is 32.2 Å². The molecule has 0 spiro atoms. The molecule has 1 amide bonds. The fraction of sp³-hybridized carbons (Fsp3) is 0.385. The highest BCUT2D eigenvalue weighted by Gasteiger charge is 2.35. The van der Waals surface area contributed by atoms with Crippen LogP contribution in [0.3, 0.4) is 0 Å². The van der Waals surface area contributed by atoms with Gasteiger partial charge in [-0.25, -0.2) is 0 Å². The van der Waals surface area contributed by atoms with Crippen molar-refractivity contribution in [2.75, 3.05) is 25.0 Å². The molecule has 0 bridgehead atoms. The summed E-state index contributed by atoms with van der Waals surface area (Å²) in [5.74, 6) is -0.796. The second-order valence-corrected chi connectivity index (χ2v) is 4.09. The van der Waals surface area contributed by atoms with E-state index in [4.69, 9.17) is 0 Å². The van der Waals surface area contributed by atoms with Crippen molar-refractivity contribution < 1.29 is 9.59 Å². The Balaban J connectivity index is 2.36. The number of anilines is 1. The van der Waals surface area contributed by atoms with Crippen LogP contribution in [0.1, 0.15) is 22.8 Å². The molecule has 17 heavy (non-hydrogen) atoms. The van der Waals surface area contributed by atoms with Crippen LogP contribution in [-0.4, -0.2) is 31.8 Å². The number of likely N-dealkylation sites (N-methyl/N-ethyl adjacent to an activating group) is 1. The van der Waals surface area contributed by atoms with Gasteiger partial charge in [0, 0.05) is 13.1 Å². The molecule has 1 aliphatic heterocycles. The molecule has 0 fully saturated rings. The van der Waals surface area contributed by atoms with Crippen molar-refractivity contribution in [1.29, 1.82) is 0 Å². The molecule has 1 aromatic carbocycles. The largest absolute Gasteiger partial charge is 0.318 e. The van der Waals surface area contributed by atoms with Gasteiger partial charge in [-0.1, -0.05) is 13.0 Å². The summed E-state index contributed by atoms with van der Waals surface area (Å²) in [6.07, 6.45) is 0.866. The molecular formula is C13H16N2O2. The normalized spacial score (nSPS) is 14.4. The predicted octanol–water partition coefficient (Wildman–Crippen LogP) is 0.998. The highest BCUT2D eigenvalue weighted by atomic mass is 16.2. The Morgan fingerprint density at radius 3 is 2.71 bits per heavy atom. The summed E-state index contributed by atoms with van der Waals surface area (Å²) in [5.41, 5.74) is 2.37. The number of hydrogen-bond acceptors (Lipinski definition) is 3. The van der Waals surface area contributed by atoms with Crippen molar-refractivity contribution in [2.45, 2.75) is 13.3 Å². The number of fused-ring (bicyclic) bond motifs is 1. The first kappa shape index (κ1) is 11.8. The number of carbonyl (C=O) groups is 2. The topological polar surface area (TPSA) is 49.4 Å². The first-order valence-electron chi connectivity index (χ1n) is 5.82. The number of Topliss-reactive ketones (excluding diaryl/α,β-unsaturated/α-hetero) is 1. The number of rotatable bonds is 4. The highest BCUT2D eigenvalue weighted by Crippen LogP contribution is 2.29. The molecule has 2 rings (SSSR count). The van der Waals surface area contributed by atoms with Crippen LogP contribution in [-0.2, 0) is 11.2 Å². The van der Waals surface area contributed by atoms with E-state index in [2.05, 4.69) is 5.32 Å². The Hall–Kier alpha value is -1.68. The first-order chi connectivity index (χ1) is 8.19. The van der Waals surface area contributed by atoms with Gasteiger partial charge in [0.05, 0.1) is 11.3 Å². The third-order valence-corrected chi connectivity index (χ3v) is 3.03. The van der Waals surface area contributed by atoms with Gasteiger partial charge < -0.3 is 10.2 Å². The summed E-state index contributed by atoms with van der Waals surface area (Å²) in [6.45, 7) is 3.23. The lowest BCUT2D eigenvalue weighted by Crippen LogP contribution is -2.35. The molecule has 0 saturated heterocycles. The Kier molecular flexibility index (Phi) is 3.24. The Labute approximate surface area is 101 Å². The number of benzene rings is 1. The number of ketones is 1. The van der Waals surface area contributed by atoms with Crippen LogP contribution in [0.25, 0.3) is 0 Å². The lowest BCUT2D eigenvalue weighted by molar-refractivity contribution is -0.114. The molecule has 4 heteroatoms. The molecule has 1 aromatic rings. The van der Waals surface area contributed by atoms with Crippen LogP contribution in [0.5, 0.6) is 0 Å². The standard InChI is InChI=1S/C13H16N2O2/c1-3-9-4-5-11-10(8-9)12(16)13(17)15(11)7-6-14-2/h4-5,8,14H,3,6-7H2,1-2H3. The second kappa shape index (κ2) is 4.67. The third-order valence-electron chi connectivity index (χ3n) is 3.03. The number of nitrogens with zero attached hydrogens (tertiary/aromatic N) is 1. The molecule has 1 N–H and O–H groups in total. The quantitative estimate of drug-likeness (QED) is 0.788. The predicted molar refractivity (Wildman–Crippen MR) is 66.4 cm³/mol. The van der Waals surface area contributed by atoms with Crippen LogP contribution in [0.4, 0.5) is 5.69 Å². The smallest absolute Gasteiger partial charge is 0.299 e. The summed E-state index contributed by atoms with van der Waals surface area (Å²) in [5, 5.41) is 2.98. The molecule has 0 unspecified atom stereocenters. The maximum Gasteiger partial charge on any atom is 0.299 e. The molecule has 90 valence electrons. The van der Waals surface area contributed by atoms with Gasteiger partial charge in [0.1, 0.15) is 0 Å². The van der Waals surface area contributed by atoms with E-state index >= 15 is 0 Å². The van der Waals surface area contributed by atoms with Crippen molar-refractivity contribution in [2.24, 2.45) is 0 Å². The van der Waals surface area contributed by atoms with Gasteiger partial charge in [-0.05, 0) is 31.2 Å². The minimum absolute atomic E-state index is 0.383. The Morgan fingerprint density at radius 2 is 2.06 bits per heavy atom. The monoisotopic (exact) mass is 232 g/mol. The van der Waals surface area contributed by atoms with Crippen LogP contribution < -0.4 is 10.2 Å². The van der Waals surface area contributed by atoms with Gasteiger partial charge >= 0.3 is 0 Å². The van der Waals surface area contributed by atoms with Crippen LogP contribution in [0.15, 0.2) is 18.2 Å². The third kappa shape index (κ3) is 1.96. The van der Waals surface area contributed by atoms with Crippen molar-refractivity contribution in [3.8, 4) is 0 Å². The van der Waals surface area contributed by atoms with E-state index in [0.29, 0.717) is 18.7 Å². The minimum Gasteiger partial charge on any atom is -0.318 e. The maximum absolute atomic E-state index is 11.8. The van der Waals surface area contributed by atoms with Crippen LogP contribution >= 0.6 is 0 Å². The van der Waals surface area contributed by atoms with Crippen LogP contribution in [0.2, 0.25) is 0 Å². The van der Waals surface area contributed by atoms with E-state index < -0.39 is 5.91 Å². The fourth-order valence-corrected chi connectivity index (χ4v) is 2.01.